The molecule has 0 saturated carbocycles. The molecular formula is C8H11F3O2. The Morgan fingerprint density at radius 3 is 2.23 bits per heavy atom. The summed E-state index contributed by atoms with van der Waals surface area (Å²) in [6.45, 7) is 4.52. The van der Waals surface area contributed by atoms with Gasteiger partial charge in [-0.1, -0.05) is 13.0 Å². The van der Waals surface area contributed by atoms with Gasteiger partial charge in [0.1, 0.15) is 6.10 Å². The summed E-state index contributed by atoms with van der Waals surface area (Å²) in [7, 11) is 0. The third kappa shape index (κ3) is 2.22. The number of ether oxygens (including phenoxy) is 1. The minimum atomic E-state index is -4.31. The number of rotatable bonds is 3. The van der Waals surface area contributed by atoms with E-state index < -0.39 is 30.4 Å². The highest BCUT2D eigenvalue weighted by Crippen LogP contribution is 2.40. The topological polar surface area (TPSA) is 32.8 Å². The first-order valence-corrected chi connectivity index (χ1v) is 3.90. The predicted molar refractivity (Wildman–Crippen MR) is 39.8 cm³/mol. The molecule has 0 aliphatic carbocycles. The van der Waals surface area contributed by atoms with E-state index in [4.69, 9.17) is 5.11 Å². The summed E-state index contributed by atoms with van der Waals surface area (Å²) < 4.78 is 41.4. The van der Waals surface area contributed by atoms with E-state index >= 15 is 0 Å². The van der Waals surface area contributed by atoms with Crippen LogP contribution >= 0.6 is 0 Å². The molecule has 4 atom stereocenters. The Morgan fingerprint density at radius 2 is 2.00 bits per heavy atom. The number of hydrogen-bond acceptors (Lipinski definition) is 2. The van der Waals surface area contributed by atoms with Crippen molar-refractivity contribution in [1.82, 2.24) is 0 Å². The van der Waals surface area contributed by atoms with Crippen LogP contribution in [0.15, 0.2) is 12.7 Å². The van der Waals surface area contributed by atoms with Gasteiger partial charge in [0.25, 0.3) is 0 Å². The van der Waals surface area contributed by atoms with Gasteiger partial charge >= 0.3 is 6.18 Å². The molecule has 0 aromatic carbocycles. The Hall–Kier alpha value is -0.550. The molecule has 0 spiro atoms. The van der Waals surface area contributed by atoms with Crippen molar-refractivity contribution in [3.8, 4) is 0 Å². The highest BCUT2D eigenvalue weighted by Gasteiger charge is 2.51. The number of aliphatic hydroxyl groups excluding tert-OH is 1. The third-order valence-electron chi connectivity index (χ3n) is 2.22. The van der Waals surface area contributed by atoms with Crippen molar-refractivity contribution in [3.63, 3.8) is 0 Å². The van der Waals surface area contributed by atoms with Crippen LogP contribution in [0.25, 0.3) is 0 Å². The molecule has 2 nitrogen and oxygen atoms in total. The Morgan fingerprint density at radius 1 is 1.54 bits per heavy atom. The lowest BCUT2D eigenvalue weighted by atomic mass is 9.90. The minimum Gasteiger partial charge on any atom is -0.366 e. The number of epoxide rings is 1. The Labute approximate surface area is 74.0 Å². The average Bonchev–Trinajstić information content (AvgIpc) is 2.64. The van der Waals surface area contributed by atoms with E-state index in [1.807, 2.05) is 0 Å². The first kappa shape index (κ1) is 10.5. The maximum Gasteiger partial charge on any atom is 0.395 e. The van der Waals surface area contributed by atoms with Crippen LogP contribution in [-0.4, -0.2) is 23.7 Å². The van der Waals surface area contributed by atoms with Crippen LogP contribution in [0.4, 0.5) is 13.2 Å². The third-order valence-corrected chi connectivity index (χ3v) is 2.22. The van der Waals surface area contributed by atoms with Crippen molar-refractivity contribution in [2.24, 2.45) is 11.8 Å². The number of hydrogen-bond donors (Lipinski definition) is 1. The van der Waals surface area contributed by atoms with E-state index in [0.717, 1.165) is 6.08 Å². The van der Waals surface area contributed by atoms with Crippen molar-refractivity contribution in [1.29, 1.82) is 0 Å². The molecule has 1 fully saturated rings. The predicted octanol–water partition coefficient (Wildman–Crippen LogP) is 1.70. The molecule has 1 aliphatic rings. The molecule has 0 bridgehead atoms. The van der Waals surface area contributed by atoms with Gasteiger partial charge in [0.15, 0.2) is 6.29 Å². The van der Waals surface area contributed by atoms with E-state index in [-0.39, 0.29) is 0 Å². The van der Waals surface area contributed by atoms with Gasteiger partial charge < -0.3 is 9.84 Å². The first-order valence-electron chi connectivity index (χ1n) is 3.90. The van der Waals surface area contributed by atoms with Gasteiger partial charge in [0.2, 0.25) is 0 Å². The van der Waals surface area contributed by atoms with E-state index in [1.54, 1.807) is 0 Å². The molecule has 1 N–H and O–H groups in total. The second-order valence-corrected chi connectivity index (χ2v) is 3.15. The summed E-state index contributed by atoms with van der Waals surface area (Å²) in [6, 6.07) is 0. The second-order valence-electron chi connectivity index (χ2n) is 3.15. The number of alkyl halides is 3. The first-order chi connectivity index (χ1) is 5.88. The molecule has 5 heteroatoms. The fourth-order valence-corrected chi connectivity index (χ4v) is 1.35. The van der Waals surface area contributed by atoms with Crippen molar-refractivity contribution in [2.45, 2.75) is 25.5 Å². The van der Waals surface area contributed by atoms with E-state index in [9.17, 15) is 13.2 Å². The molecule has 0 amide bonds. The molecule has 13 heavy (non-hydrogen) atoms. The van der Waals surface area contributed by atoms with Crippen LogP contribution in [0, 0.1) is 11.8 Å². The highest BCUT2D eigenvalue weighted by atomic mass is 19.4. The zero-order valence-corrected chi connectivity index (χ0v) is 7.08. The Balaban J connectivity index is 2.61. The summed E-state index contributed by atoms with van der Waals surface area (Å²) in [4.78, 5) is 0. The maximum atomic E-state index is 12.3. The molecule has 2 unspecified atom stereocenters. The van der Waals surface area contributed by atoms with E-state index in [1.165, 1.54) is 6.92 Å². The summed E-state index contributed by atoms with van der Waals surface area (Å²) in [5, 5.41) is 8.78. The van der Waals surface area contributed by atoms with Crippen molar-refractivity contribution in [3.05, 3.63) is 12.7 Å². The van der Waals surface area contributed by atoms with Crippen LogP contribution in [0.3, 0.4) is 0 Å². The van der Waals surface area contributed by atoms with Crippen LogP contribution in [0.1, 0.15) is 6.92 Å². The summed E-state index contributed by atoms with van der Waals surface area (Å²) in [6.07, 6.45) is -5.21. The van der Waals surface area contributed by atoms with Crippen molar-refractivity contribution in [2.75, 3.05) is 0 Å². The van der Waals surface area contributed by atoms with Crippen molar-refractivity contribution >= 4 is 0 Å². The molecular weight excluding hydrogens is 185 g/mol. The molecule has 1 heterocycles. The average molecular weight is 196 g/mol. The van der Waals surface area contributed by atoms with Gasteiger partial charge in [-0.3, -0.25) is 0 Å². The van der Waals surface area contributed by atoms with Gasteiger partial charge in [-0.15, -0.1) is 6.58 Å². The lowest BCUT2D eigenvalue weighted by molar-refractivity contribution is -0.174. The summed E-state index contributed by atoms with van der Waals surface area (Å²) in [5.41, 5.74) is 0. The molecule has 1 rings (SSSR count). The lowest BCUT2D eigenvalue weighted by Gasteiger charge is -2.21. The summed E-state index contributed by atoms with van der Waals surface area (Å²) in [5.74, 6) is -2.40. The molecule has 1 aliphatic heterocycles. The fourth-order valence-electron chi connectivity index (χ4n) is 1.35. The lowest BCUT2D eigenvalue weighted by Crippen LogP contribution is -2.30. The molecule has 0 aromatic heterocycles. The number of halogens is 3. The van der Waals surface area contributed by atoms with Gasteiger partial charge in [-0.2, -0.15) is 13.2 Å². The minimum absolute atomic E-state index is 0.704. The molecule has 76 valence electrons. The van der Waals surface area contributed by atoms with Crippen molar-refractivity contribution < 1.29 is 23.0 Å². The Kier molecular flexibility index (Phi) is 2.68. The van der Waals surface area contributed by atoms with Crippen LogP contribution in [0.5, 0.6) is 0 Å². The summed E-state index contributed by atoms with van der Waals surface area (Å²) >= 11 is 0. The molecule has 0 radical (unpaired) electrons. The number of allylic oxidation sites excluding steroid dienone is 1. The van der Waals surface area contributed by atoms with Gasteiger partial charge in [0, 0.05) is 5.92 Å². The van der Waals surface area contributed by atoms with E-state index in [2.05, 4.69) is 11.3 Å². The largest absolute Gasteiger partial charge is 0.395 e. The normalized spacial score (nSPS) is 32.4. The standard InChI is InChI=1S/C8H11F3O2/c1-3-5(8(9,10)11)4(2)6-7(12)13-6/h3-7,12H,1H2,2H3/t4-,5-,6?,7?/m1/s1. The zero-order chi connectivity index (χ0) is 10.2. The number of aliphatic hydroxyl groups is 1. The molecule has 1 saturated heterocycles. The van der Waals surface area contributed by atoms with E-state index in [0.29, 0.717) is 0 Å². The Bertz CT molecular complexity index is 202. The van der Waals surface area contributed by atoms with Gasteiger partial charge in [-0.05, 0) is 0 Å². The fraction of sp³-hybridized carbons (Fsp3) is 0.750. The zero-order valence-electron chi connectivity index (χ0n) is 7.08. The smallest absolute Gasteiger partial charge is 0.366 e. The maximum absolute atomic E-state index is 12.3. The van der Waals surface area contributed by atoms with Crippen LogP contribution in [0.2, 0.25) is 0 Å². The van der Waals surface area contributed by atoms with Gasteiger partial charge in [0.05, 0.1) is 5.92 Å². The van der Waals surface area contributed by atoms with Crippen LogP contribution < -0.4 is 0 Å². The monoisotopic (exact) mass is 196 g/mol. The van der Waals surface area contributed by atoms with Gasteiger partial charge in [-0.25, -0.2) is 0 Å². The SMILES string of the molecule is C=C[C@H]([C@@H](C)C1OC1O)C(F)(F)F. The molecule has 0 aromatic rings. The quantitative estimate of drug-likeness (QED) is 0.550. The highest BCUT2D eigenvalue weighted by molar-refractivity contribution is 4.95. The van der Waals surface area contributed by atoms with Crippen LogP contribution in [-0.2, 0) is 4.74 Å². The second kappa shape index (κ2) is 3.31.